The molecule has 1 aromatic rings. The van der Waals surface area contributed by atoms with E-state index in [0.717, 1.165) is 12.8 Å². The Bertz CT molecular complexity index is 571. The SMILES string of the molecule is Cc1nccnc1[S@@](=O)C[C@H]1CCCN1C(=O)OC(C)(C)C. The normalized spacial score (nSPS) is 20.0. The number of rotatable bonds is 3. The molecule has 0 bridgehead atoms. The third-order valence-corrected chi connectivity index (χ3v) is 4.92. The van der Waals surface area contributed by atoms with Crippen LogP contribution >= 0.6 is 0 Å². The summed E-state index contributed by atoms with van der Waals surface area (Å²) in [4.78, 5) is 22.2. The number of aromatic nitrogens is 2. The van der Waals surface area contributed by atoms with Crippen molar-refractivity contribution in [2.24, 2.45) is 0 Å². The van der Waals surface area contributed by atoms with Gasteiger partial charge in [-0.25, -0.2) is 9.78 Å². The molecule has 0 aliphatic carbocycles. The fraction of sp³-hybridized carbons (Fsp3) is 0.667. The van der Waals surface area contributed by atoms with Crippen LogP contribution in [0.1, 0.15) is 39.3 Å². The average molecular weight is 325 g/mol. The molecular weight excluding hydrogens is 302 g/mol. The highest BCUT2D eigenvalue weighted by molar-refractivity contribution is 7.85. The lowest BCUT2D eigenvalue weighted by atomic mass is 10.2. The lowest BCUT2D eigenvalue weighted by Gasteiger charge is -2.28. The van der Waals surface area contributed by atoms with Gasteiger partial charge in [0.25, 0.3) is 0 Å². The Kier molecular flexibility index (Phi) is 5.16. The van der Waals surface area contributed by atoms with E-state index in [2.05, 4.69) is 9.97 Å². The van der Waals surface area contributed by atoms with Gasteiger partial charge in [-0.2, -0.15) is 0 Å². The van der Waals surface area contributed by atoms with E-state index in [1.165, 1.54) is 0 Å². The molecule has 1 aliphatic rings. The summed E-state index contributed by atoms with van der Waals surface area (Å²) in [5.74, 6) is 0.374. The largest absolute Gasteiger partial charge is 0.444 e. The van der Waals surface area contributed by atoms with Crippen LogP contribution in [-0.4, -0.2) is 49.1 Å². The molecule has 1 saturated heterocycles. The van der Waals surface area contributed by atoms with E-state index in [4.69, 9.17) is 4.74 Å². The Labute approximate surface area is 133 Å². The molecule has 0 unspecified atom stereocenters. The van der Waals surface area contributed by atoms with Crippen molar-refractivity contribution in [2.75, 3.05) is 12.3 Å². The molecule has 0 aromatic carbocycles. The number of amides is 1. The highest BCUT2D eigenvalue weighted by atomic mass is 32.2. The number of hydrogen-bond donors (Lipinski definition) is 0. The summed E-state index contributed by atoms with van der Waals surface area (Å²) in [6.45, 7) is 7.97. The number of likely N-dealkylation sites (tertiary alicyclic amines) is 1. The summed E-state index contributed by atoms with van der Waals surface area (Å²) in [5.41, 5.74) is 0.146. The fourth-order valence-corrected chi connectivity index (χ4v) is 3.86. The van der Waals surface area contributed by atoms with E-state index < -0.39 is 16.4 Å². The van der Waals surface area contributed by atoms with Crippen LogP contribution in [0.4, 0.5) is 4.79 Å². The second-order valence-electron chi connectivity index (χ2n) is 6.43. The Morgan fingerprint density at radius 1 is 1.41 bits per heavy atom. The Balaban J connectivity index is 2.04. The first-order chi connectivity index (χ1) is 10.3. The fourth-order valence-electron chi connectivity index (χ4n) is 2.44. The van der Waals surface area contributed by atoms with E-state index in [-0.39, 0.29) is 12.1 Å². The molecule has 2 heterocycles. The lowest BCUT2D eigenvalue weighted by Crippen LogP contribution is -2.42. The first-order valence-electron chi connectivity index (χ1n) is 7.43. The molecule has 22 heavy (non-hydrogen) atoms. The summed E-state index contributed by atoms with van der Waals surface area (Å²) in [7, 11) is -1.27. The molecule has 1 aromatic heterocycles. The molecule has 0 radical (unpaired) electrons. The predicted octanol–water partition coefficient (Wildman–Crippen LogP) is 2.29. The maximum atomic E-state index is 12.5. The molecule has 2 atom stereocenters. The Morgan fingerprint density at radius 3 is 2.73 bits per heavy atom. The maximum absolute atomic E-state index is 12.5. The van der Waals surface area contributed by atoms with Crippen molar-refractivity contribution in [2.45, 2.75) is 57.2 Å². The van der Waals surface area contributed by atoms with Crippen LogP contribution < -0.4 is 0 Å². The van der Waals surface area contributed by atoms with Crippen LogP contribution in [0, 0.1) is 6.92 Å². The highest BCUT2D eigenvalue weighted by Crippen LogP contribution is 2.23. The van der Waals surface area contributed by atoms with Gasteiger partial charge >= 0.3 is 6.09 Å². The van der Waals surface area contributed by atoms with Gasteiger partial charge in [-0.1, -0.05) is 0 Å². The quantitative estimate of drug-likeness (QED) is 0.852. The zero-order valence-corrected chi connectivity index (χ0v) is 14.4. The van der Waals surface area contributed by atoms with Gasteiger partial charge in [-0.3, -0.25) is 9.19 Å². The van der Waals surface area contributed by atoms with Gasteiger partial charge in [0.2, 0.25) is 0 Å². The van der Waals surface area contributed by atoms with Gasteiger partial charge in [0, 0.05) is 25.0 Å². The van der Waals surface area contributed by atoms with Crippen molar-refractivity contribution in [1.29, 1.82) is 0 Å². The van der Waals surface area contributed by atoms with E-state index in [1.807, 2.05) is 20.8 Å². The number of nitrogens with zero attached hydrogens (tertiary/aromatic N) is 3. The molecular formula is C15H23N3O3S. The minimum atomic E-state index is -1.27. The molecule has 1 fully saturated rings. The molecule has 2 rings (SSSR count). The second kappa shape index (κ2) is 6.73. The van der Waals surface area contributed by atoms with Crippen LogP contribution in [0.25, 0.3) is 0 Å². The Hall–Kier alpha value is -1.50. The molecule has 7 heteroatoms. The lowest BCUT2D eigenvalue weighted by molar-refractivity contribution is 0.0241. The third kappa shape index (κ3) is 4.25. The van der Waals surface area contributed by atoms with Crippen molar-refractivity contribution in [3.8, 4) is 0 Å². The zero-order valence-electron chi connectivity index (χ0n) is 13.5. The minimum absolute atomic E-state index is 0.0721. The summed E-state index contributed by atoms with van der Waals surface area (Å²) in [6.07, 6.45) is 4.53. The van der Waals surface area contributed by atoms with Gasteiger partial charge in [-0.05, 0) is 40.5 Å². The summed E-state index contributed by atoms with van der Waals surface area (Å²) in [5, 5.41) is 0.499. The van der Waals surface area contributed by atoms with Crippen molar-refractivity contribution in [1.82, 2.24) is 14.9 Å². The third-order valence-electron chi connectivity index (χ3n) is 3.40. The summed E-state index contributed by atoms with van der Waals surface area (Å²) < 4.78 is 17.9. The molecule has 122 valence electrons. The van der Waals surface area contributed by atoms with Crippen LogP contribution in [0.2, 0.25) is 0 Å². The molecule has 0 N–H and O–H groups in total. The van der Waals surface area contributed by atoms with Crippen molar-refractivity contribution in [3.63, 3.8) is 0 Å². The molecule has 6 nitrogen and oxygen atoms in total. The van der Waals surface area contributed by atoms with Gasteiger partial charge in [0.15, 0.2) is 0 Å². The molecule has 0 saturated carbocycles. The summed E-state index contributed by atoms with van der Waals surface area (Å²) >= 11 is 0. The van der Waals surface area contributed by atoms with Crippen molar-refractivity contribution < 1.29 is 13.7 Å². The maximum Gasteiger partial charge on any atom is 0.410 e. The number of carbonyl (C=O) groups excluding carboxylic acids is 1. The van der Waals surface area contributed by atoms with E-state index in [9.17, 15) is 9.00 Å². The standard InChI is InChI=1S/C15H23N3O3S/c1-11-13(17-8-7-16-11)22(20)10-12-6-5-9-18(12)14(19)21-15(2,3)4/h7-8,12H,5-6,9-10H2,1-4H3/t12-,22+/m1/s1. The van der Waals surface area contributed by atoms with Crippen molar-refractivity contribution >= 4 is 16.9 Å². The van der Waals surface area contributed by atoms with E-state index >= 15 is 0 Å². The van der Waals surface area contributed by atoms with Crippen LogP contribution in [0.3, 0.4) is 0 Å². The molecule has 1 amide bonds. The number of carbonyl (C=O) groups is 1. The number of ether oxygens (including phenoxy) is 1. The Morgan fingerprint density at radius 2 is 2.09 bits per heavy atom. The topological polar surface area (TPSA) is 72.4 Å². The summed E-state index contributed by atoms with van der Waals surface area (Å²) in [6, 6.07) is -0.0721. The van der Waals surface area contributed by atoms with Gasteiger partial charge in [-0.15, -0.1) is 0 Å². The average Bonchev–Trinajstić information content (AvgIpc) is 2.85. The minimum Gasteiger partial charge on any atom is -0.444 e. The van der Waals surface area contributed by atoms with Gasteiger partial charge in [0.1, 0.15) is 10.6 Å². The monoisotopic (exact) mass is 325 g/mol. The van der Waals surface area contributed by atoms with E-state index in [0.29, 0.717) is 23.0 Å². The first-order valence-corrected chi connectivity index (χ1v) is 8.75. The first kappa shape index (κ1) is 16.9. The highest BCUT2D eigenvalue weighted by Gasteiger charge is 2.33. The van der Waals surface area contributed by atoms with Crippen molar-refractivity contribution in [3.05, 3.63) is 18.1 Å². The van der Waals surface area contributed by atoms with Crippen LogP contribution in [0.5, 0.6) is 0 Å². The number of hydrogen-bond acceptors (Lipinski definition) is 5. The number of aryl methyl sites for hydroxylation is 1. The predicted molar refractivity (Wildman–Crippen MR) is 84.0 cm³/mol. The van der Waals surface area contributed by atoms with Crippen LogP contribution in [-0.2, 0) is 15.5 Å². The molecule has 1 aliphatic heterocycles. The second-order valence-corrected chi connectivity index (χ2v) is 7.84. The zero-order chi connectivity index (χ0) is 16.3. The smallest absolute Gasteiger partial charge is 0.410 e. The van der Waals surface area contributed by atoms with Crippen LogP contribution in [0.15, 0.2) is 17.4 Å². The van der Waals surface area contributed by atoms with Gasteiger partial charge in [0.05, 0.1) is 22.2 Å². The van der Waals surface area contributed by atoms with E-state index in [1.54, 1.807) is 24.2 Å². The van der Waals surface area contributed by atoms with Gasteiger partial charge < -0.3 is 9.64 Å². The molecule has 0 spiro atoms.